The molecule has 0 aromatic heterocycles. The van der Waals surface area contributed by atoms with Gasteiger partial charge in [-0.05, 0) is 32.1 Å². The van der Waals surface area contributed by atoms with E-state index in [1.165, 1.54) is 12.8 Å². The summed E-state index contributed by atoms with van der Waals surface area (Å²) in [6, 6.07) is 0. The lowest BCUT2D eigenvalue weighted by atomic mass is 9.73. The molecule has 1 rings (SSSR count). The molecular weight excluding hydrogens is 162 g/mol. The van der Waals surface area contributed by atoms with Crippen LogP contribution in [0.5, 0.6) is 0 Å². The van der Waals surface area contributed by atoms with Gasteiger partial charge in [0.25, 0.3) is 0 Å². The second-order valence-electron chi connectivity index (χ2n) is 5.03. The fourth-order valence-corrected chi connectivity index (χ4v) is 1.99. The first kappa shape index (κ1) is 11.0. The Morgan fingerprint density at radius 2 is 1.69 bits per heavy atom. The van der Waals surface area contributed by atoms with E-state index in [9.17, 15) is 5.11 Å². The lowest BCUT2D eigenvalue weighted by molar-refractivity contribution is -0.0866. The molecule has 0 saturated carbocycles. The maximum Gasteiger partial charge on any atom is 0.0610 e. The van der Waals surface area contributed by atoms with Crippen molar-refractivity contribution in [3.63, 3.8) is 0 Å². The fourth-order valence-electron chi connectivity index (χ4n) is 1.99. The molecule has 1 aliphatic rings. The van der Waals surface area contributed by atoms with E-state index in [0.29, 0.717) is 5.41 Å². The highest BCUT2D eigenvalue weighted by Crippen LogP contribution is 2.40. The summed E-state index contributed by atoms with van der Waals surface area (Å²) < 4.78 is 0. The summed E-state index contributed by atoms with van der Waals surface area (Å²) in [6.07, 6.45) is 2.53. The molecule has 1 aliphatic heterocycles. The second-order valence-corrected chi connectivity index (χ2v) is 5.03. The van der Waals surface area contributed by atoms with Crippen LogP contribution < -0.4 is 0 Å². The van der Waals surface area contributed by atoms with Crippen LogP contribution in [-0.2, 0) is 0 Å². The van der Waals surface area contributed by atoms with Gasteiger partial charge < -0.3 is 5.11 Å². The van der Waals surface area contributed by atoms with Crippen LogP contribution in [0, 0.1) is 5.41 Å². The maximum absolute atomic E-state index is 9.20. The predicted molar refractivity (Wildman–Crippen MR) is 55.8 cm³/mol. The van der Waals surface area contributed by atoms with Crippen molar-refractivity contribution in [2.75, 3.05) is 19.7 Å². The Balaban J connectivity index is 2.48. The Labute approximate surface area is 81.9 Å². The highest BCUT2D eigenvalue weighted by Gasteiger charge is 2.45. The smallest absolute Gasteiger partial charge is 0.0610 e. The van der Waals surface area contributed by atoms with Gasteiger partial charge in [-0.15, -0.1) is 0 Å². The van der Waals surface area contributed by atoms with Gasteiger partial charge in [0.15, 0.2) is 0 Å². The van der Waals surface area contributed by atoms with Crippen molar-refractivity contribution in [1.82, 2.24) is 4.90 Å². The van der Waals surface area contributed by atoms with Crippen molar-refractivity contribution >= 4 is 0 Å². The molecule has 0 bridgehead atoms. The summed E-state index contributed by atoms with van der Waals surface area (Å²) in [6.45, 7) is 11.3. The Morgan fingerprint density at radius 1 is 1.23 bits per heavy atom. The molecule has 0 spiro atoms. The molecule has 0 aliphatic carbocycles. The van der Waals surface area contributed by atoms with Gasteiger partial charge in [-0.2, -0.15) is 0 Å². The lowest BCUT2D eigenvalue weighted by Crippen LogP contribution is -2.64. The van der Waals surface area contributed by atoms with E-state index in [4.69, 9.17) is 0 Å². The third-order valence-corrected chi connectivity index (χ3v) is 3.80. The Kier molecular flexibility index (Phi) is 3.03. The van der Waals surface area contributed by atoms with Crippen LogP contribution in [0.1, 0.15) is 40.5 Å². The zero-order chi connectivity index (χ0) is 10.1. The highest BCUT2D eigenvalue weighted by molar-refractivity contribution is 4.99. The zero-order valence-corrected chi connectivity index (χ0v) is 9.43. The number of rotatable bonds is 4. The minimum absolute atomic E-state index is 0.0200. The van der Waals surface area contributed by atoms with Crippen LogP contribution in [0.3, 0.4) is 0 Å². The van der Waals surface area contributed by atoms with Crippen molar-refractivity contribution in [3.05, 3.63) is 0 Å². The largest absolute Gasteiger partial charge is 0.394 e. The average Bonchev–Trinajstić information content (AvgIpc) is 2.04. The van der Waals surface area contributed by atoms with Gasteiger partial charge in [0, 0.05) is 18.6 Å². The average molecular weight is 185 g/mol. The highest BCUT2D eigenvalue weighted by atomic mass is 16.3. The van der Waals surface area contributed by atoms with Gasteiger partial charge in [0.05, 0.1) is 6.61 Å². The Bertz CT molecular complexity index is 165. The van der Waals surface area contributed by atoms with E-state index in [-0.39, 0.29) is 12.1 Å². The molecule has 0 radical (unpaired) electrons. The molecule has 0 unspecified atom stereocenters. The monoisotopic (exact) mass is 185 g/mol. The first-order valence-corrected chi connectivity index (χ1v) is 5.35. The molecule has 0 aromatic carbocycles. The first-order valence-electron chi connectivity index (χ1n) is 5.35. The minimum Gasteiger partial charge on any atom is -0.394 e. The summed E-state index contributed by atoms with van der Waals surface area (Å²) in [4.78, 5) is 2.39. The Hall–Kier alpha value is -0.0800. The molecule has 1 N–H and O–H groups in total. The number of aliphatic hydroxyl groups is 1. The number of aliphatic hydroxyl groups excluding tert-OH is 1. The van der Waals surface area contributed by atoms with Crippen LogP contribution >= 0.6 is 0 Å². The van der Waals surface area contributed by atoms with Gasteiger partial charge in [-0.1, -0.05) is 13.8 Å². The first-order chi connectivity index (χ1) is 5.99. The molecule has 2 heteroatoms. The molecular formula is C11H23NO. The van der Waals surface area contributed by atoms with Gasteiger partial charge in [0.2, 0.25) is 0 Å². The summed E-state index contributed by atoms with van der Waals surface area (Å²) in [5.41, 5.74) is 0.528. The molecule has 2 nitrogen and oxygen atoms in total. The lowest BCUT2D eigenvalue weighted by Gasteiger charge is -2.56. The van der Waals surface area contributed by atoms with Crippen molar-refractivity contribution in [1.29, 1.82) is 0 Å². The molecule has 0 aromatic rings. The molecule has 1 fully saturated rings. The summed E-state index contributed by atoms with van der Waals surface area (Å²) >= 11 is 0. The van der Waals surface area contributed by atoms with Gasteiger partial charge in [-0.3, -0.25) is 4.90 Å². The topological polar surface area (TPSA) is 23.5 Å². The molecule has 78 valence electrons. The summed E-state index contributed by atoms with van der Waals surface area (Å²) in [7, 11) is 0. The van der Waals surface area contributed by atoms with Crippen molar-refractivity contribution < 1.29 is 5.11 Å². The Morgan fingerprint density at radius 3 is 2.00 bits per heavy atom. The standard InChI is InChI=1S/C11H23NO/c1-5-11(6-2)7-12(8-11)10(3,4)9-13/h13H,5-9H2,1-4H3. The molecule has 13 heavy (non-hydrogen) atoms. The molecule has 1 saturated heterocycles. The van der Waals surface area contributed by atoms with E-state index in [1.807, 2.05) is 0 Å². The maximum atomic E-state index is 9.20. The number of likely N-dealkylation sites (tertiary alicyclic amines) is 1. The van der Waals surface area contributed by atoms with E-state index in [1.54, 1.807) is 0 Å². The van der Waals surface area contributed by atoms with Gasteiger partial charge in [-0.25, -0.2) is 0 Å². The number of hydrogen-bond acceptors (Lipinski definition) is 2. The number of hydrogen-bond donors (Lipinski definition) is 1. The minimum atomic E-state index is -0.0200. The van der Waals surface area contributed by atoms with Crippen molar-refractivity contribution in [2.45, 2.75) is 46.1 Å². The van der Waals surface area contributed by atoms with Crippen LogP contribution in [0.4, 0.5) is 0 Å². The van der Waals surface area contributed by atoms with E-state index in [2.05, 4.69) is 32.6 Å². The SMILES string of the molecule is CCC1(CC)CN(C(C)(C)CO)C1. The summed E-state index contributed by atoms with van der Waals surface area (Å²) in [5, 5.41) is 9.20. The van der Waals surface area contributed by atoms with Crippen molar-refractivity contribution in [3.8, 4) is 0 Å². The normalized spacial score (nSPS) is 22.8. The van der Waals surface area contributed by atoms with E-state index in [0.717, 1.165) is 13.1 Å². The van der Waals surface area contributed by atoms with Crippen molar-refractivity contribution in [2.24, 2.45) is 5.41 Å². The third-order valence-electron chi connectivity index (χ3n) is 3.80. The third kappa shape index (κ3) is 1.89. The predicted octanol–water partition coefficient (Wildman–Crippen LogP) is 1.88. The quantitative estimate of drug-likeness (QED) is 0.723. The van der Waals surface area contributed by atoms with Gasteiger partial charge in [0.1, 0.15) is 0 Å². The van der Waals surface area contributed by atoms with Crippen LogP contribution in [0.15, 0.2) is 0 Å². The summed E-state index contributed by atoms with van der Waals surface area (Å²) in [5.74, 6) is 0. The van der Waals surface area contributed by atoms with E-state index < -0.39 is 0 Å². The molecule has 1 heterocycles. The fraction of sp³-hybridized carbons (Fsp3) is 1.00. The van der Waals surface area contributed by atoms with Crippen LogP contribution in [0.25, 0.3) is 0 Å². The van der Waals surface area contributed by atoms with E-state index >= 15 is 0 Å². The molecule has 0 atom stereocenters. The zero-order valence-electron chi connectivity index (χ0n) is 9.43. The van der Waals surface area contributed by atoms with Gasteiger partial charge >= 0.3 is 0 Å². The van der Waals surface area contributed by atoms with Crippen LogP contribution in [-0.4, -0.2) is 35.2 Å². The second kappa shape index (κ2) is 3.58. The number of nitrogens with zero attached hydrogens (tertiary/aromatic N) is 1. The molecule has 0 amide bonds. The van der Waals surface area contributed by atoms with Crippen LogP contribution in [0.2, 0.25) is 0 Å².